The number of hydrogen-bond acceptors (Lipinski definition) is 9. The molecule has 1 aliphatic carbocycles. The number of piperazine rings is 2. The van der Waals surface area contributed by atoms with E-state index in [9.17, 15) is 14.4 Å². The Morgan fingerprint density at radius 1 is 0.918 bits per heavy atom. The Balaban J connectivity index is 1.03. The molecular weight excluding hydrogens is 657 g/mol. The van der Waals surface area contributed by atoms with Gasteiger partial charge in [0.25, 0.3) is 11.8 Å². The summed E-state index contributed by atoms with van der Waals surface area (Å²) in [6.45, 7) is 12.2. The number of anilines is 2. The van der Waals surface area contributed by atoms with Crippen LogP contribution in [0.15, 0.2) is 51.7 Å². The van der Waals surface area contributed by atoms with Crippen LogP contribution >= 0.6 is 23.1 Å². The van der Waals surface area contributed by atoms with Crippen LogP contribution in [0.25, 0.3) is 0 Å². The molecule has 0 bridgehead atoms. The summed E-state index contributed by atoms with van der Waals surface area (Å²) in [5, 5.41) is 3.48. The quantitative estimate of drug-likeness (QED) is 0.275. The molecule has 49 heavy (non-hydrogen) atoms. The maximum absolute atomic E-state index is 13.5. The smallest absolute Gasteiger partial charge is 0.257 e. The summed E-state index contributed by atoms with van der Waals surface area (Å²) >= 11 is 2.90. The zero-order valence-electron chi connectivity index (χ0n) is 29.1. The van der Waals surface area contributed by atoms with Gasteiger partial charge >= 0.3 is 0 Å². The number of hydrogen-bond donors (Lipinski definition) is 1. The fourth-order valence-electron chi connectivity index (χ4n) is 7.15. The first-order valence-electron chi connectivity index (χ1n) is 17.5. The first-order chi connectivity index (χ1) is 23.7. The van der Waals surface area contributed by atoms with E-state index in [1.54, 1.807) is 30.0 Å². The summed E-state index contributed by atoms with van der Waals surface area (Å²) in [5.41, 5.74) is 3.21. The number of carbonyl (C=O) groups is 3. The second-order valence-electron chi connectivity index (χ2n) is 13.5. The van der Waals surface area contributed by atoms with Crippen molar-refractivity contribution in [2.24, 2.45) is 5.92 Å². The molecule has 6 rings (SSSR count). The molecule has 1 unspecified atom stereocenters. The molecular formula is C37H48N6O4S2. The number of rotatable bonds is 8. The van der Waals surface area contributed by atoms with Gasteiger partial charge in [-0.2, -0.15) is 0 Å². The predicted molar refractivity (Wildman–Crippen MR) is 196 cm³/mol. The van der Waals surface area contributed by atoms with Crippen molar-refractivity contribution in [3.8, 4) is 5.75 Å². The standard InChI is InChI=1S/C37H48N6O4S2/c1-25-6-5-7-29(11-8-25)41-16-18-42(19-17-41)30-12-9-28(10-13-30)35(45)39-37-38-24-34(49-37)48-33-23-31(32(47-4)22-26(33)2)36(46)43-20-14-40(15-21-43)27(3)44/h9-10,12-13,22-25,29H,5-8,11,14-21H2,1-4H3,(H,38,39,45)/t25-,29?/m0/s1. The molecule has 12 heteroatoms. The van der Waals surface area contributed by atoms with E-state index in [1.165, 1.54) is 55.2 Å². The normalized spacial score (nSPS) is 20.5. The number of nitrogens with one attached hydrogen (secondary N) is 1. The number of aryl methyl sites for hydroxylation is 1. The van der Waals surface area contributed by atoms with Gasteiger partial charge in [-0.15, -0.1) is 0 Å². The van der Waals surface area contributed by atoms with Crippen molar-refractivity contribution in [3.63, 3.8) is 0 Å². The number of carbonyl (C=O) groups excluding carboxylic acids is 3. The Hall–Kier alpha value is -3.61. The number of thiazole rings is 1. The molecule has 10 nitrogen and oxygen atoms in total. The zero-order chi connectivity index (χ0) is 34.5. The van der Waals surface area contributed by atoms with Crippen molar-refractivity contribution in [1.29, 1.82) is 0 Å². The minimum atomic E-state index is -0.191. The monoisotopic (exact) mass is 704 g/mol. The Bertz CT molecular complexity index is 1630. The highest BCUT2D eigenvalue weighted by atomic mass is 32.2. The van der Waals surface area contributed by atoms with Crippen LogP contribution < -0.4 is 15.0 Å². The zero-order valence-corrected chi connectivity index (χ0v) is 30.7. The molecule has 0 spiro atoms. The lowest BCUT2D eigenvalue weighted by atomic mass is 10.0. The van der Waals surface area contributed by atoms with Crippen LogP contribution in [0.3, 0.4) is 0 Å². The van der Waals surface area contributed by atoms with E-state index in [1.807, 2.05) is 31.2 Å². The molecule has 0 radical (unpaired) electrons. The van der Waals surface area contributed by atoms with Crippen LogP contribution in [0.1, 0.15) is 72.2 Å². The summed E-state index contributed by atoms with van der Waals surface area (Å²) in [4.78, 5) is 52.4. The van der Waals surface area contributed by atoms with Gasteiger partial charge in [-0.25, -0.2) is 4.98 Å². The third kappa shape index (κ3) is 8.59. The van der Waals surface area contributed by atoms with E-state index < -0.39 is 0 Å². The van der Waals surface area contributed by atoms with Crippen LogP contribution in [0.4, 0.5) is 10.8 Å². The average molecular weight is 705 g/mol. The molecule has 262 valence electrons. The summed E-state index contributed by atoms with van der Waals surface area (Å²) < 4.78 is 6.48. The highest BCUT2D eigenvalue weighted by molar-refractivity contribution is 8.01. The molecule has 3 aromatic rings. The molecule has 3 aliphatic rings. The number of ether oxygens (including phenoxy) is 1. The number of benzene rings is 2. The first-order valence-corrected chi connectivity index (χ1v) is 19.1. The van der Waals surface area contributed by atoms with Crippen molar-refractivity contribution in [1.82, 2.24) is 19.7 Å². The number of aromatic nitrogens is 1. The third-order valence-electron chi connectivity index (χ3n) is 10.2. The molecule has 2 saturated heterocycles. The lowest BCUT2D eigenvalue weighted by molar-refractivity contribution is -0.130. The highest BCUT2D eigenvalue weighted by Gasteiger charge is 2.28. The predicted octanol–water partition coefficient (Wildman–Crippen LogP) is 6.26. The van der Waals surface area contributed by atoms with Gasteiger partial charge in [-0.05, 0) is 74.1 Å². The maximum Gasteiger partial charge on any atom is 0.257 e. The SMILES string of the molecule is COc1cc(C)c(Sc2cnc(NC(=O)c3ccc(N4CCN(C5CCC[C@H](C)CC5)CC4)cc3)s2)cc1C(=O)N1CCN(C(C)=O)CC1. The minimum absolute atomic E-state index is 0.0237. The lowest BCUT2D eigenvalue weighted by Crippen LogP contribution is -2.50. The molecule has 3 heterocycles. The van der Waals surface area contributed by atoms with Gasteiger partial charge in [-0.1, -0.05) is 42.9 Å². The van der Waals surface area contributed by atoms with Gasteiger partial charge in [0.15, 0.2) is 5.13 Å². The molecule has 1 aromatic heterocycles. The average Bonchev–Trinajstić information content (AvgIpc) is 3.44. The van der Waals surface area contributed by atoms with Crippen molar-refractivity contribution in [2.75, 3.05) is 69.7 Å². The lowest BCUT2D eigenvalue weighted by Gasteiger charge is -2.40. The van der Waals surface area contributed by atoms with E-state index in [0.717, 1.165) is 58.5 Å². The Labute approximate surface area is 298 Å². The maximum atomic E-state index is 13.5. The number of nitrogens with zero attached hydrogens (tertiary/aromatic N) is 5. The van der Waals surface area contributed by atoms with Crippen LogP contribution in [0.2, 0.25) is 0 Å². The Morgan fingerprint density at radius 3 is 2.33 bits per heavy atom. The van der Waals surface area contributed by atoms with Crippen LogP contribution in [0.5, 0.6) is 5.75 Å². The van der Waals surface area contributed by atoms with E-state index in [4.69, 9.17) is 4.74 Å². The fraction of sp³-hybridized carbons (Fsp3) is 0.514. The molecule has 2 aromatic carbocycles. The van der Waals surface area contributed by atoms with Crippen molar-refractivity contribution < 1.29 is 19.1 Å². The second kappa shape index (κ2) is 15.9. The van der Waals surface area contributed by atoms with Gasteiger partial charge in [0.2, 0.25) is 5.91 Å². The van der Waals surface area contributed by atoms with E-state index >= 15 is 0 Å². The number of methoxy groups -OCH3 is 1. The summed E-state index contributed by atoms with van der Waals surface area (Å²) in [6, 6.07) is 12.4. The highest BCUT2D eigenvalue weighted by Crippen LogP contribution is 2.39. The summed E-state index contributed by atoms with van der Waals surface area (Å²) in [7, 11) is 1.57. The van der Waals surface area contributed by atoms with Crippen molar-refractivity contribution >= 4 is 51.6 Å². The molecule has 1 saturated carbocycles. The molecule has 2 atom stereocenters. The number of amides is 3. The Morgan fingerprint density at radius 2 is 1.63 bits per heavy atom. The molecule has 3 amide bonds. The van der Waals surface area contributed by atoms with Crippen LogP contribution in [0, 0.1) is 12.8 Å². The van der Waals surface area contributed by atoms with Gasteiger partial charge < -0.3 is 19.4 Å². The fourth-order valence-corrected chi connectivity index (χ4v) is 9.08. The topological polar surface area (TPSA) is 98.3 Å². The summed E-state index contributed by atoms with van der Waals surface area (Å²) in [6.07, 6.45) is 8.48. The van der Waals surface area contributed by atoms with Crippen LogP contribution in [-0.2, 0) is 4.79 Å². The largest absolute Gasteiger partial charge is 0.496 e. The van der Waals surface area contributed by atoms with E-state index in [-0.39, 0.29) is 17.7 Å². The first kappa shape index (κ1) is 35.2. The van der Waals surface area contributed by atoms with Gasteiger partial charge in [0, 0.05) is 81.5 Å². The van der Waals surface area contributed by atoms with E-state index in [0.29, 0.717) is 48.2 Å². The van der Waals surface area contributed by atoms with Crippen molar-refractivity contribution in [2.45, 2.75) is 68.0 Å². The van der Waals surface area contributed by atoms with E-state index in [2.05, 4.69) is 39.2 Å². The van der Waals surface area contributed by atoms with Crippen molar-refractivity contribution in [3.05, 3.63) is 59.3 Å². The van der Waals surface area contributed by atoms with Crippen LogP contribution in [-0.4, -0.2) is 103 Å². The Kier molecular flexibility index (Phi) is 11.5. The third-order valence-corrected chi connectivity index (χ3v) is 12.4. The second-order valence-corrected chi connectivity index (χ2v) is 15.9. The van der Waals surface area contributed by atoms with Gasteiger partial charge in [0.05, 0.1) is 23.1 Å². The minimum Gasteiger partial charge on any atom is -0.496 e. The molecule has 2 aliphatic heterocycles. The van der Waals surface area contributed by atoms with Gasteiger partial charge in [0.1, 0.15) is 5.75 Å². The van der Waals surface area contributed by atoms with Gasteiger partial charge in [-0.3, -0.25) is 24.6 Å². The molecule has 1 N–H and O–H groups in total. The summed E-state index contributed by atoms with van der Waals surface area (Å²) in [5.74, 6) is 1.11. The molecule has 3 fully saturated rings.